The molecule has 2 rings (SSSR count). The molecule has 0 unspecified atom stereocenters. The summed E-state index contributed by atoms with van der Waals surface area (Å²) in [5, 5.41) is 15.0. The number of hydrazone groups is 1. The van der Waals surface area contributed by atoms with Crippen LogP contribution >= 0.6 is 0 Å². The van der Waals surface area contributed by atoms with E-state index in [-0.39, 0.29) is 29.3 Å². The lowest BCUT2D eigenvalue weighted by molar-refractivity contribution is -0.119. The van der Waals surface area contributed by atoms with Gasteiger partial charge in [0, 0.05) is 0 Å². The molecule has 8 nitrogen and oxygen atoms in total. The van der Waals surface area contributed by atoms with Crippen molar-refractivity contribution in [3.05, 3.63) is 23.8 Å². The number of anilines is 1. The quantitative estimate of drug-likeness (QED) is 0.727. The van der Waals surface area contributed by atoms with Gasteiger partial charge in [0.05, 0.1) is 24.8 Å². The highest BCUT2D eigenvalue weighted by molar-refractivity contribution is 6.46. The fraction of sp³-hybridized carbons (Fsp3) is 0.167. The molecule has 0 saturated carbocycles. The van der Waals surface area contributed by atoms with Crippen molar-refractivity contribution in [1.29, 1.82) is 0 Å². The molecular formula is C12H11N3O5. The van der Waals surface area contributed by atoms with Crippen LogP contribution in [0.1, 0.15) is 16.8 Å². The number of aromatic carboxylic acids is 1. The number of carbonyl (C=O) groups is 3. The summed E-state index contributed by atoms with van der Waals surface area (Å²) >= 11 is 0. The molecule has 0 radical (unpaired) electrons. The van der Waals surface area contributed by atoms with Crippen LogP contribution in [-0.4, -0.2) is 35.7 Å². The maximum atomic E-state index is 11.9. The monoisotopic (exact) mass is 277 g/mol. The van der Waals surface area contributed by atoms with Crippen molar-refractivity contribution in [2.75, 3.05) is 12.4 Å². The summed E-state index contributed by atoms with van der Waals surface area (Å²) in [5.74, 6) is -1.79. The summed E-state index contributed by atoms with van der Waals surface area (Å²) in [4.78, 5) is 33.7. The Labute approximate surface area is 113 Å². The van der Waals surface area contributed by atoms with Gasteiger partial charge in [0.1, 0.15) is 11.5 Å². The number of rotatable bonds is 4. The number of carboxylic acid groups (broad SMARTS) is 1. The third-order valence-corrected chi connectivity index (χ3v) is 2.60. The summed E-state index contributed by atoms with van der Waals surface area (Å²) in [6.45, 7) is 0. The molecule has 3 N–H and O–H groups in total. The number of benzene rings is 1. The minimum atomic E-state index is -1.13. The maximum absolute atomic E-state index is 11.9. The van der Waals surface area contributed by atoms with Crippen molar-refractivity contribution in [1.82, 2.24) is 5.43 Å². The standard InChI is InChI=1S/C12H11N3O5/c1-20-9-3-2-6(12(18)19)4-7(9)13-11(17)8-5-10(16)15-14-8/h2-4H,5H2,1H3,(H,13,17)(H,15,16)(H,18,19). The highest BCUT2D eigenvalue weighted by atomic mass is 16.5. The molecule has 0 saturated heterocycles. The summed E-state index contributed by atoms with van der Waals surface area (Å²) < 4.78 is 5.03. The Kier molecular flexibility index (Phi) is 3.65. The number of hydrogen-bond acceptors (Lipinski definition) is 5. The van der Waals surface area contributed by atoms with Crippen molar-refractivity contribution in [2.24, 2.45) is 5.10 Å². The Bertz CT molecular complexity index is 624. The maximum Gasteiger partial charge on any atom is 0.335 e. The van der Waals surface area contributed by atoms with Crippen molar-refractivity contribution >= 4 is 29.2 Å². The molecule has 8 heteroatoms. The van der Waals surface area contributed by atoms with E-state index in [1.807, 2.05) is 0 Å². The molecule has 0 aromatic heterocycles. The number of carbonyl (C=O) groups excluding carboxylic acids is 2. The SMILES string of the molecule is COc1ccc(C(=O)O)cc1NC(=O)C1=NNC(=O)C1. The average Bonchev–Trinajstić information content (AvgIpc) is 2.85. The summed E-state index contributed by atoms with van der Waals surface area (Å²) in [6.07, 6.45) is -0.118. The van der Waals surface area contributed by atoms with Crippen molar-refractivity contribution in [2.45, 2.75) is 6.42 Å². The minimum Gasteiger partial charge on any atom is -0.495 e. The van der Waals surface area contributed by atoms with Gasteiger partial charge in [0.2, 0.25) is 5.91 Å². The number of ether oxygens (including phenoxy) is 1. The smallest absolute Gasteiger partial charge is 0.335 e. The topological polar surface area (TPSA) is 117 Å². The van der Waals surface area contributed by atoms with E-state index >= 15 is 0 Å². The second-order valence-corrected chi connectivity index (χ2v) is 3.94. The van der Waals surface area contributed by atoms with Gasteiger partial charge in [-0.1, -0.05) is 0 Å². The largest absolute Gasteiger partial charge is 0.495 e. The molecule has 0 fully saturated rings. The van der Waals surface area contributed by atoms with Gasteiger partial charge in [0.25, 0.3) is 5.91 Å². The molecule has 20 heavy (non-hydrogen) atoms. The van der Waals surface area contributed by atoms with E-state index in [2.05, 4.69) is 15.8 Å². The Hall–Kier alpha value is -2.90. The van der Waals surface area contributed by atoms with E-state index in [0.29, 0.717) is 5.75 Å². The molecule has 1 aromatic rings. The lowest BCUT2D eigenvalue weighted by Crippen LogP contribution is -2.22. The van der Waals surface area contributed by atoms with E-state index in [4.69, 9.17) is 9.84 Å². The first-order valence-electron chi connectivity index (χ1n) is 5.59. The van der Waals surface area contributed by atoms with Crippen molar-refractivity contribution < 1.29 is 24.2 Å². The van der Waals surface area contributed by atoms with Gasteiger partial charge in [0.15, 0.2) is 0 Å². The van der Waals surface area contributed by atoms with Crippen LogP contribution in [0, 0.1) is 0 Å². The Morgan fingerprint density at radius 2 is 2.20 bits per heavy atom. The van der Waals surface area contributed by atoms with Crippen LogP contribution in [0.15, 0.2) is 23.3 Å². The molecule has 1 heterocycles. The molecular weight excluding hydrogens is 266 g/mol. The van der Waals surface area contributed by atoms with Crippen molar-refractivity contribution in [3.8, 4) is 5.75 Å². The van der Waals surface area contributed by atoms with E-state index in [1.54, 1.807) is 0 Å². The van der Waals surface area contributed by atoms with E-state index in [9.17, 15) is 14.4 Å². The third-order valence-electron chi connectivity index (χ3n) is 2.60. The normalized spacial score (nSPS) is 13.4. The van der Waals surface area contributed by atoms with Crippen molar-refractivity contribution in [3.63, 3.8) is 0 Å². The number of nitrogens with zero attached hydrogens (tertiary/aromatic N) is 1. The van der Waals surface area contributed by atoms with Crippen LogP contribution in [0.5, 0.6) is 5.75 Å². The number of methoxy groups -OCH3 is 1. The molecule has 104 valence electrons. The predicted octanol–water partition coefficient (Wildman–Crippen LogP) is 0.208. The first kappa shape index (κ1) is 13.5. The first-order chi connectivity index (χ1) is 9.51. The van der Waals surface area contributed by atoms with Gasteiger partial charge in [-0.05, 0) is 18.2 Å². The summed E-state index contributed by atoms with van der Waals surface area (Å²) in [7, 11) is 1.39. The molecule has 0 atom stereocenters. The molecule has 0 spiro atoms. The van der Waals surface area contributed by atoms with Gasteiger partial charge in [-0.25, -0.2) is 10.2 Å². The van der Waals surface area contributed by atoms with E-state index in [0.717, 1.165) is 0 Å². The third kappa shape index (κ3) is 2.74. The van der Waals surface area contributed by atoms with Gasteiger partial charge in [-0.2, -0.15) is 5.10 Å². The zero-order chi connectivity index (χ0) is 14.7. The first-order valence-corrected chi connectivity index (χ1v) is 5.59. The molecule has 0 bridgehead atoms. The zero-order valence-electron chi connectivity index (χ0n) is 10.5. The van der Waals surface area contributed by atoms with Gasteiger partial charge < -0.3 is 15.2 Å². The van der Waals surface area contributed by atoms with Gasteiger partial charge in [-0.3, -0.25) is 9.59 Å². The average molecular weight is 277 g/mol. The fourth-order valence-electron chi connectivity index (χ4n) is 1.63. The Morgan fingerprint density at radius 3 is 2.75 bits per heavy atom. The molecule has 1 aliphatic heterocycles. The zero-order valence-corrected chi connectivity index (χ0v) is 10.5. The summed E-state index contributed by atoms with van der Waals surface area (Å²) in [6, 6.07) is 4.05. The number of hydrogen-bond donors (Lipinski definition) is 3. The number of nitrogens with one attached hydrogen (secondary N) is 2. The second-order valence-electron chi connectivity index (χ2n) is 3.94. The molecule has 0 aliphatic carbocycles. The molecule has 1 aromatic carbocycles. The number of amides is 2. The van der Waals surface area contributed by atoms with Crippen LogP contribution < -0.4 is 15.5 Å². The van der Waals surface area contributed by atoms with Crippen LogP contribution in [0.25, 0.3) is 0 Å². The minimum absolute atomic E-state index is 0.00339. The van der Waals surface area contributed by atoms with Crippen LogP contribution in [-0.2, 0) is 9.59 Å². The van der Waals surface area contributed by atoms with Crippen LogP contribution in [0.3, 0.4) is 0 Å². The number of carboxylic acids is 1. The predicted molar refractivity (Wildman–Crippen MR) is 68.8 cm³/mol. The fourth-order valence-corrected chi connectivity index (χ4v) is 1.63. The van der Waals surface area contributed by atoms with Gasteiger partial charge in [-0.15, -0.1) is 0 Å². The van der Waals surface area contributed by atoms with Gasteiger partial charge >= 0.3 is 5.97 Å². The lowest BCUT2D eigenvalue weighted by atomic mass is 10.1. The molecule has 2 amide bonds. The Morgan fingerprint density at radius 1 is 1.45 bits per heavy atom. The highest BCUT2D eigenvalue weighted by Crippen LogP contribution is 2.25. The highest BCUT2D eigenvalue weighted by Gasteiger charge is 2.22. The summed E-state index contributed by atoms with van der Waals surface area (Å²) in [5.41, 5.74) is 2.38. The lowest BCUT2D eigenvalue weighted by Gasteiger charge is -2.10. The van der Waals surface area contributed by atoms with E-state index < -0.39 is 11.9 Å². The second kappa shape index (κ2) is 5.39. The molecule has 1 aliphatic rings. The Balaban J connectivity index is 2.23. The van der Waals surface area contributed by atoms with Crippen LogP contribution in [0.4, 0.5) is 5.69 Å². The van der Waals surface area contributed by atoms with E-state index in [1.165, 1.54) is 25.3 Å². The van der Waals surface area contributed by atoms with Crippen LogP contribution in [0.2, 0.25) is 0 Å².